The fourth-order valence-corrected chi connectivity index (χ4v) is 2.24. The van der Waals surface area contributed by atoms with Crippen molar-refractivity contribution in [3.05, 3.63) is 0 Å². The van der Waals surface area contributed by atoms with Crippen LogP contribution in [-0.4, -0.2) is 78.9 Å². The van der Waals surface area contributed by atoms with Crippen molar-refractivity contribution < 1.29 is 25.5 Å². The number of thiocarbonyl (C=S) groups is 1. The lowest BCUT2D eigenvalue weighted by Crippen LogP contribution is -2.50. The van der Waals surface area contributed by atoms with Gasteiger partial charge in [0.05, 0.1) is 12.7 Å². The van der Waals surface area contributed by atoms with Gasteiger partial charge in [0.25, 0.3) is 0 Å². The smallest absolute Gasteiger partial charge is 0.133 e. The van der Waals surface area contributed by atoms with E-state index in [4.69, 9.17) is 17.3 Å². The Kier molecular flexibility index (Phi) is 11.6. The molecule has 0 spiro atoms. The minimum atomic E-state index is -1.62. The maximum atomic E-state index is 9.92. The molecule has 0 amide bonds. The van der Waals surface area contributed by atoms with E-state index >= 15 is 0 Å². The maximum Gasteiger partial charge on any atom is 0.133 e. The number of nitrogens with zero attached hydrogens (tertiary/aromatic N) is 1. The Balaban J connectivity index is 4.38. The van der Waals surface area contributed by atoms with Crippen molar-refractivity contribution in [3.8, 4) is 0 Å². The van der Waals surface area contributed by atoms with Crippen molar-refractivity contribution in [2.75, 3.05) is 19.7 Å². The molecule has 0 heterocycles. The van der Waals surface area contributed by atoms with Gasteiger partial charge in [0, 0.05) is 13.1 Å². The fourth-order valence-electron chi connectivity index (χ4n) is 1.89. The highest BCUT2D eigenvalue weighted by Crippen LogP contribution is 2.10. The molecule has 0 fully saturated rings. The van der Waals surface area contributed by atoms with Gasteiger partial charge >= 0.3 is 0 Å². The van der Waals surface area contributed by atoms with Crippen LogP contribution >= 0.6 is 24.8 Å². The summed E-state index contributed by atoms with van der Waals surface area (Å²) in [6.07, 6.45) is -1.87. The number of aliphatic hydroxyl groups is 5. The third kappa shape index (κ3) is 8.29. The van der Waals surface area contributed by atoms with Crippen molar-refractivity contribution in [3.63, 3.8) is 0 Å². The molecule has 21 heavy (non-hydrogen) atoms. The molecular formula is C13H27NO5S2. The Bertz CT molecular complexity index is 296. The normalized spacial score (nSPS) is 17.1. The summed E-state index contributed by atoms with van der Waals surface area (Å²) in [7, 11) is 0. The first-order valence-electron chi connectivity index (χ1n) is 7.16. The van der Waals surface area contributed by atoms with Crippen LogP contribution in [0.15, 0.2) is 0 Å². The van der Waals surface area contributed by atoms with Crippen LogP contribution in [0.1, 0.15) is 32.6 Å². The van der Waals surface area contributed by atoms with Crippen LogP contribution in [0.25, 0.3) is 0 Å². The molecule has 0 saturated heterocycles. The predicted octanol–water partition coefficient (Wildman–Crippen LogP) is -0.481. The molecule has 0 aliphatic rings. The van der Waals surface area contributed by atoms with Gasteiger partial charge in [-0.3, -0.25) is 0 Å². The van der Waals surface area contributed by atoms with E-state index < -0.39 is 31.0 Å². The topological polar surface area (TPSA) is 104 Å². The number of hydrogen-bond acceptors (Lipinski definition) is 6. The Morgan fingerprint density at radius 1 is 1.05 bits per heavy atom. The molecule has 0 rings (SSSR count). The monoisotopic (exact) mass is 341 g/mol. The van der Waals surface area contributed by atoms with Crippen LogP contribution in [0, 0.1) is 0 Å². The lowest BCUT2D eigenvalue weighted by molar-refractivity contribution is -0.117. The van der Waals surface area contributed by atoms with Crippen LogP contribution in [0.2, 0.25) is 0 Å². The molecule has 6 nitrogen and oxygen atoms in total. The van der Waals surface area contributed by atoms with Crippen LogP contribution in [0.3, 0.4) is 0 Å². The molecule has 0 aromatic rings. The minimum Gasteiger partial charge on any atom is -0.394 e. The Morgan fingerprint density at radius 2 is 1.62 bits per heavy atom. The molecule has 8 heteroatoms. The van der Waals surface area contributed by atoms with Crippen molar-refractivity contribution >= 4 is 29.2 Å². The molecule has 0 aliphatic carbocycles. The first-order chi connectivity index (χ1) is 9.84. The van der Waals surface area contributed by atoms with E-state index in [1.54, 1.807) is 4.90 Å². The second-order valence-electron chi connectivity index (χ2n) is 5.09. The summed E-state index contributed by atoms with van der Waals surface area (Å²) in [6, 6.07) is 0. The maximum absolute atomic E-state index is 9.92. The van der Waals surface area contributed by atoms with Crippen LogP contribution in [0.5, 0.6) is 0 Å². The average Bonchev–Trinajstić information content (AvgIpc) is 2.47. The minimum absolute atomic E-state index is 0.00480. The van der Waals surface area contributed by atoms with Gasteiger partial charge in [-0.25, -0.2) is 0 Å². The quantitative estimate of drug-likeness (QED) is 0.171. The summed E-state index contributed by atoms with van der Waals surface area (Å²) >= 11 is 9.07. The molecule has 5 N–H and O–H groups in total. The zero-order chi connectivity index (χ0) is 16.4. The Labute approximate surface area is 136 Å². The fraction of sp³-hybridized carbons (Fsp3) is 0.923. The Hall–Kier alpha value is 0.0400. The molecule has 0 unspecified atom stereocenters. The zero-order valence-electron chi connectivity index (χ0n) is 12.3. The summed E-state index contributed by atoms with van der Waals surface area (Å²) in [5.41, 5.74) is 0. The lowest BCUT2D eigenvalue weighted by atomic mass is 10.0. The molecule has 0 aromatic heterocycles. The van der Waals surface area contributed by atoms with Gasteiger partial charge in [0.15, 0.2) is 0 Å². The number of hydrogen-bond donors (Lipinski definition) is 6. The summed E-state index contributed by atoms with van der Waals surface area (Å²) in [5, 5.41) is 47.2. The number of rotatable bonds is 11. The van der Waals surface area contributed by atoms with Gasteiger partial charge in [-0.2, -0.15) is 0 Å². The highest BCUT2D eigenvalue weighted by atomic mass is 32.1. The van der Waals surface area contributed by atoms with E-state index in [9.17, 15) is 20.4 Å². The van der Waals surface area contributed by atoms with E-state index in [-0.39, 0.29) is 6.54 Å². The molecule has 0 saturated carbocycles. The van der Waals surface area contributed by atoms with Gasteiger partial charge < -0.3 is 30.4 Å². The third-order valence-corrected chi connectivity index (χ3v) is 3.83. The van der Waals surface area contributed by atoms with Crippen molar-refractivity contribution in [1.82, 2.24) is 4.90 Å². The van der Waals surface area contributed by atoms with E-state index in [1.807, 2.05) is 0 Å². The van der Waals surface area contributed by atoms with Crippen molar-refractivity contribution in [2.24, 2.45) is 0 Å². The first-order valence-corrected chi connectivity index (χ1v) is 8.01. The van der Waals surface area contributed by atoms with E-state index in [0.717, 1.165) is 25.7 Å². The van der Waals surface area contributed by atoms with Gasteiger partial charge in [0.2, 0.25) is 0 Å². The van der Waals surface area contributed by atoms with E-state index in [1.165, 1.54) is 0 Å². The summed E-state index contributed by atoms with van der Waals surface area (Å²) in [4.78, 5) is 1.64. The molecule has 0 radical (unpaired) electrons. The van der Waals surface area contributed by atoms with Gasteiger partial charge in [-0.1, -0.05) is 38.4 Å². The van der Waals surface area contributed by atoms with Crippen molar-refractivity contribution in [2.45, 2.75) is 57.0 Å². The Morgan fingerprint density at radius 3 is 2.10 bits per heavy atom. The molecular weight excluding hydrogens is 314 g/mol. The largest absolute Gasteiger partial charge is 0.394 e. The molecule has 0 bridgehead atoms. The highest BCUT2D eigenvalue weighted by Gasteiger charge is 2.31. The number of unbranched alkanes of at least 4 members (excludes halogenated alkanes) is 3. The first kappa shape index (κ1) is 21.0. The second-order valence-corrected chi connectivity index (χ2v) is 6.20. The zero-order valence-corrected chi connectivity index (χ0v) is 14.0. The van der Waals surface area contributed by atoms with E-state index in [0.29, 0.717) is 10.9 Å². The second kappa shape index (κ2) is 11.6. The summed E-state index contributed by atoms with van der Waals surface area (Å²) < 4.78 is 0.301. The van der Waals surface area contributed by atoms with Crippen LogP contribution < -0.4 is 0 Å². The summed E-state index contributed by atoms with van der Waals surface area (Å²) in [5.74, 6) is 0. The van der Waals surface area contributed by atoms with Gasteiger partial charge in [-0.05, 0) is 6.42 Å². The molecule has 126 valence electrons. The van der Waals surface area contributed by atoms with Crippen LogP contribution in [-0.2, 0) is 0 Å². The van der Waals surface area contributed by atoms with Gasteiger partial charge in [0.1, 0.15) is 22.6 Å². The molecule has 4 atom stereocenters. The SMILES string of the molecule is CCCCCCN(C[C@H](O)[C@@H](O)[C@H](O)[C@H](O)CO)C(=S)S. The lowest BCUT2D eigenvalue weighted by Gasteiger charge is -2.30. The number of thiol groups is 1. The van der Waals surface area contributed by atoms with Gasteiger partial charge in [-0.15, -0.1) is 12.6 Å². The third-order valence-electron chi connectivity index (χ3n) is 3.28. The molecule has 0 aliphatic heterocycles. The predicted molar refractivity (Wildman–Crippen MR) is 88.4 cm³/mol. The summed E-state index contributed by atoms with van der Waals surface area (Å²) in [6.45, 7) is 2.02. The number of aliphatic hydroxyl groups excluding tert-OH is 5. The molecule has 0 aromatic carbocycles. The van der Waals surface area contributed by atoms with Crippen molar-refractivity contribution in [1.29, 1.82) is 0 Å². The average molecular weight is 341 g/mol. The van der Waals surface area contributed by atoms with Crippen LogP contribution in [0.4, 0.5) is 0 Å². The highest BCUT2D eigenvalue weighted by molar-refractivity contribution is 8.10. The van der Waals surface area contributed by atoms with E-state index in [2.05, 4.69) is 19.6 Å². The standard InChI is InChI=1S/C13H27NO5S2/c1-2-3-4-5-6-14(13(20)21)7-9(16)11(18)12(19)10(17)8-15/h9-12,15-19H,2-8H2,1H3,(H,20,21)/t9-,10+,11+,12+/m0/s1.